The molecule has 1 aromatic carbocycles. The number of carbonyl (C=O) groups is 1. The number of ether oxygens (including phenoxy) is 2. The van der Waals surface area contributed by atoms with E-state index in [0.717, 1.165) is 16.5 Å². The van der Waals surface area contributed by atoms with Gasteiger partial charge in [0.2, 0.25) is 0 Å². The van der Waals surface area contributed by atoms with Gasteiger partial charge in [0.1, 0.15) is 6.61 Å². The molecule has 2 aliphatic heterocycles. The lowest BCUT2D eigenvalue weighted by molar-refractivity contribution is -0.348. The molecule has 4 heterocycles. The van der Waals surface area contributed by atoms with Crippen molar-refractivity contribution < 1.29 is 33.1 Å². The highest BCUT2D eigenvalue weighted by molar-refractivity contribution is 7.43. The van der Waals surface area contributed by atoms with Crippen molar-refractivity contribution in [2.24, 2.45) is 0 Å². The Balaban J connectivity index is 1.67. The van der Waals surface area contributed by atoms with Crippen molar-refractivity contribution in [2.45, 2.75) is 32.1 Å². The monoisotopic (exact) mass is 456 g/mol. The van der Waals surface area contributed by atoms with E-state index in [-0.39, 0.29) is 29.7 Å². The summed E-state index contributed by atoms with van der Waals surface area (Å²) in [5.41, 5.74) is 1.09. The highest BCUT2D eigenvalue weighted by atomic mass is 31.2. The van der Waals surface area contributed by atoms with E-state index in [1.165, 1.54) is 0 Å². The summed E-state index contributed by atoms with van der Waals surface area (Å²) in [6, 6.07) is 11.2. The molecule has 0 radical (unpaired) electrons. The first kappa shape index (κ1) is 21.0. The van der Waals surface area contributed by atoms with Crippen molar-refractivity contribution in [1.82, 2.24) is 9.55 Å². The molecular weight excluding hydrogens is 439 g/mol. The minimum atomic E-state index is -5.32. The van der Waals surface area contributed by atoms with Gasteiger partial charge in [-0.2, -0.15) is 0 Å². The minimum Gasteiger partial charge on any atom is -0.790 e. The lowest BCUT2D eigenvalue weighted by atomic mass is 9.85. The number of rotatable bonds is 5. The van der Waals surface area contributed by atoms with E-state index in [0.29, 0.717) is 17.9 Å². The van der Waals surface area contributed by atoms with Crippen LogP contribution in [0, 0.1) is 0 Å². The molecule has 0 spiro atoms. The molecule has 11 heteroatoms. The van der Waals surface area contributed by atoms with Gasteiger partial charge in [-0.3, -0.25) is 4.79 Å². The van der Waals surface area contributed by atoms with Crippen LogP contribution in [0.15, 0.2) is 41.2 Å². The Morgan fingerprint density at radius 1 is 1.25 bits per heavy atom. The fourth-order valence-electron chi connectivity index (χ4n) is 4.34. The number of hydrogen-bond acceptors (Lipinski definition) is 9. The summed E-state index contributed by atoms with van der Waals surface area (Å²) in [5, 5.41) is 0.943. The van der Waals surface area contributed by atoms with Crippen LogP contribution in [-0.2, 0) is 42.1 Å². The van der Waals surface area contributed by atoms with E-state index in [2.05, 4.69) is 4.52 Å². The maximum Gasteiger partial charge on any atom is 0.343 e. The Morgan fingerprint density at radius 2 is 2.03 bits per heavy atom. The third kappa shape index (κ3) is 3.19. The largest absolute Gasteiger partial charge is 0.790 e. The Hall–Kier alpha value is -2.88. The average molecular weight is 456 g/mol. The van der Waals surface area contributed by atoms with E-state index in [1.54, 1.807) is 17.6 Å². The molecule has 1 unspecified atom stereocenters. The molecule has 10 nitrogen and oxygen atoms in total. The first-order valence-electron chi connectivity index (χ1n) is 9.87. The van der Waals surface area contributed by atoms with Crippen molar-refractivity contribution in [2.75, 3.05) is 6.79 Å². The van der Waals surface area contributed by atoms with E-state index in [1.807, 2.05) is 30.3 Å². The number of aromatic nitrogens is 2. The zero-order chi connectivity index (χ0) is 22.7. The highest BCUT2D eigenvalue weighted by Gasteiger charge is 2.48. The molecule has 0 amide bonds. The van der Waals surface area contributed by atoms with Crippen molar-refractivity contribution in [3.63, 3.8) is 0 Å². The Morgan fingerprint density at radius 3 is 2.78 bits per heavy atom. The number of nitrogens with zero attached hydrogens (tertiary/aromatic N) is 2. The predicted octanol–water partition coefficient (Wildman–Crippen LogP) is 0.907. The number of phosphoric acid groups is 1. The molecule has 0 saturated heterocycles. The van der Waals surface area contributed by atoms with Gasteiger partial charge in [-0.15, -0.1) is 0 Å². The molecular formula is C21H17N2O8P-2. The van der Waals surface area contributed by atoms with Gasteiger partial charge in [-0.25, -0.2) is 9.78 Å². The number of phosphoric ester groups is 1. The maximum absolute atomic E-state index is 13.3. The number of fused-ring (bicyclic) bond motifs is 5. The lowest BCUT2D eigenvalue weighted by Crippen LogP contribution is -2.46. The van der Waals surface area contributed by atoms with Crippen LogP contribution in [0.25, 0.3) is 22.3 Å². The normalized spacial score (nSPS) is 19.4. The van der Waals surface area contributed by atoms with Crippen molar-refractivity contribution >= 4 is 24.7 Å². The zero-order valence-corrected chi connectivity index (χ0v) is 17.8. The van der Waals surface area contributed by atoms with Gasteiger partial charge >= 0.3 is 5.97 Å². The Labute approximate surface area is 181 Å². The van der Waals surface area contributed by atoms with Gasteiger partial charge in [0, 0.05) is 16.5 Å². The van der Waals surface area contributed by atoms with Gasteiger partial charge in [-0.05, 0) is 24.6 Å². The number of cyclic esters (lactones) is 1. The summed E-state index contributed by atoms with van der Waals surface area (Å²) in [6.07, 6.45) is 0.0190. The van der Waals surface area contributed by atoms with Gasteiger partial charge in [-0.1, -0.05) is 25.1 Å². The standard InChI is InChI=1S/C21H19N2O8P/c1-2-21(30-11-31-32(26,27)28)15-8-17-18-13(7-12-5-3-4-6-16(12)22-18)9-23(17)19(24)14(15)10-29-20(21)25/h3-8H,2,9-11H2,1H3,(H2,26,27,28)/p-2. The second-order valence-corrected chi connectivity index (χ2v) is 8.75. The van der Waals surface area contributed by atoms with Crippen molar-refractivity contribution in [3.05, 3.63) is 63.4 Å². The van der Waals surface area contributed by atoms with E-state index in [4.69, 9.17) is 14.5 Å². The fourth-order valence-corrected chi connectivity index (χ4v) is 4.53. The maximum atomic E-state index is 13.3. The molecule has 1 atom stereocenters. The van der Waals surface area contributed by atoms with Crippen LogP contribution in [-0.4, -0.2) is 22.3 Å². The first-order valence-corrected chi connectivity index (χ1v) is 11.3. The second-order valence-electron chi connectivity index (χ2n) is 7.60. The van der Waals surface area contributed by atoms with Crippen LogP contribution in [0.5, 0.6) is 0 Å². The van der Waals surface area contributed by atoms with Gasteiger partial charge in [0.15, 0.2) is 12.4 Å². The zero-order valence-electron chi connectivity index (χ0n) is 16.9. The summed E-state index contributed by atoms with van der Waals surface area (Å²) >= 11 is 0. The van der Waals surface area contributed by atoms with E-state index in [9.17, 15) is 23.9 Å². The third-order valence-corrected chi connectivity index (χ3v) is 6.32. The molecule has 0 bridgehead atoms. The van der Waals surface area contributed by atoms with Crippen LogP contribution in [0.1, 0.15) is 30.0 Å². The number of benzene rings is 1. The molecule has 32 heavy (non-hydrogen) atoms. The lowest BCUT2D eigenvalue weighted by Gasteiger charge is -2.37. The number of esters is 1. The summed E-state index contributed by atoms with van der Waals surface area (Å²) in [7, 11) is -5.32. The van der Waals surface area contributed by atoms with Crippen LogP contribution in [0.2, 0.25) is 0 Å². The molecule has 0 aliphatic carbocycles. The molecule has 166 valence electrons. The summed E-state index contributed by atoms with van der Waals surface area (Å²) in [6.45, 7) is 0.716. The Bertz CT molecular complexity index is 1380. The average Bonchev–Trinajstić information content (AvgIpc) is 3.11. The molecule has 3 aromatic rings. The van der Waals surface area contributed by atoms with Crippen molar-refractivity contribution in [1.29, 1.82) is 0 Å². The molecule has 0 fully saturated rings. The van der Waals surface area contributed by atoms with Gasteiger partial charge in [0.25, 0.3) is 5.56 Å². The predicted molar refractivity (Wildman–Crippen MR) is 107 cm³/mol. The number of pyridine rings is 2. The number of carbonyl (C=O) groups excluding carboxylic acids is 1. The molecule has 2 aromatic heterocycles. The molecule has 2 aliphatic rings. The molecule has 5 rings (SSSR count). The van der Waals surface area contributed by atoms with Gasteiger partial charge in [0.05, 0.1) is 36.8 Å². The summed E-state index contributed by atoms with van der Waals surface area (Å²) < 4.78 is 27.2. The SMILES string of the molecule is CCC1(OCOP(=O)([O-])[O-])C(=O)OCc2c1cc1n(c2=O)Cc2cc3ccccc3nc2-1. The molecule has 0 saturated carbocycles. The summed E-state index contributed by atoms with van der Waals surface area (Å²) in [5.74, 6) is -0.795. The number of hydrogen-bond donors (Lipinski definition) is 0. The van der Waals surface area contributed by atoms with Crippen molar-refractivity contribution in [3.8, 4) is 11.4 Å². The first-order chi connectivity index (χ1) is 15.2. The molecule has 0 N–H and O–H groups in total. The second kappa shape index (κ2) is 7.33. The quantitative estimate of drug-likeness (QED) is 0.243. The van der Waals surface area contributed by atoms with Crippen LogP contribution in [0.3, 0.4) is 0 Å². The minimum absolute atomic E-state index is 0.0190. The Kier molecular flexibility index (Phi) is 4.81. The topological polar surface area (TPSA) is 143 Å². The van der Waals surface area contributed by atoms with Gasteiger partial charge < -0.3 is 32.9 Å². The van der Waals surface area contributed by atoms with E-state index >= 15 is 0 Å². The van der Waals surface area contributed by atoms with E-state index < -0.39 is 26.2 Å². The number of para-hydroxylation sites is 1. The fraction of sp³-hybridized carbons (Fsp3) is 0.286. The smallest absolute Gasteiger partial charge is 0.343 e. The summed E-state index contributed by atoms with van der Waals surface area (Å²) in [4.78, 5) is 52.5. The highest BCUT2D eigenvalue weighted by Crippen LogP contribution is 2.41. The third-order valence-electron chi connectivity index (χ3n) is 5.90. The van der Waals surface area contributed by atoms with Crippen LogP contribution >= 0.6 is 7.82 Å². The van der Waals surface area contributed by atoms with Crippen LogP contribution < -0.4 is 15.3 Å². The van der Waals surface area contributed by atoms with Crippen LogP contribution in [0.4, 0.5) is 0 Å².